The number of benzene rings is 1. The van der Waals surface area contributed by atoms with Crippen LogP contribution in [-0.4, -0.2) is 40.3 Å². The predicted molar refractivity (Wildman–Crippen MR) is 110 cm³/mol. The fourth-order valence-electron chi connectivity index (χ4n) is 2.99. The lowest BCUT2D eigenvalue weighted by Crippen LogP contribution is -2.24. The summed E-state index contributed by atoms with van der Waals surface area (Å²) in [5, 5.41) is 19.2. The molecule has 1 aromatic carbocycles. The molecule has 9 heteroatoms. The minimum absolute atomic E-state index is 0.0533. The van der Waals surface area contributed by atoms with Crippen LogP contribution in [0.3, 0.4) is 0 Å². The summed E-state index contributed by atoms with van der Waals surface area (Å²) in [6.45, 7) is 5.58. The average Bonchev–Trinajstić information content (AvgIpc) is 2.66. The van der Waals surface area contributed by atoms with Gasteiger partial charge in [0.2, 0.25) is 0 Å². The van der Waals surface area contributed by atoms with Gasteiger partial charge in [-0.05, 0) is 31.0 Å². The second-order valence-corrected chi connectivity index (χ2v) is 5.98. The standard InChI is InChI=1S/C21H20N2O7/c1-4-7-11-9-12(10-13(29-6-3)17(11)30-8-5-2)14-15(20(25)26)18(22)23-19(24)16(14)21(27)28/h2,4,9-10H,1,6-8H2,3H3,(H,25,26)(H,27,28)(H3,22,23,24). The smallest absolute Gasteiger partial charge is 0.342 e. The van der Waals surface area contributed by atoms with E-state index in [1.807, 2.05) is 0 Å². The van der Waals surface area contributed by atoms with Crippen LogP contribution in [0.15, 0.2) is 29.6 Å². The zero-order valence-corrected chi connectivity index (χ0v) is 16.2. The Bertz CT molecular complexity index is 1110. The number of carbonyl (C=O) groups is 2. The maximum atomic E-state index is 12.3. The lowest BCUT2D eigenvalue weighted by molar-refractivity contribution is 0.0695. The van der Waals surface area contributed by atoms with E-state index in [0.29, 0.717) is 11.3 Å². The van der Waals surface area contributed by atoms with E-state index in [9.17, 15) is 24.6 Å². The molecule has 0 radical (unpaired) electrons. The molecule has 2 aromatic rings. The quantitative estimate of drug-likeness (QED) is 0.361. The molecule has 1 aromatic heterocycles. The Morgan fingerprint density at radius 1 is 1.27 bits per heavy atom. The number of pyridine rings is 1. The van der Waals surface area contributed by atoms with Gasteiger partial charge in [0.25, 0.3) is 5.56 Å². The molecular weight excluding hydrogens is 392 g/mol. The highest BCUT2D eigenvalue weighted by molar-refractivity contribution is 6.07. The Morgan fingerprint density at radius 2 is 1.93 bits per heavy atom. The zero-order valence-electron chi connectivity index (χ0n) is 16.2. The number of aromatic carboxylic acids is 2. The van der Waals surface area contributed by atoms with Gasteiger partial charge in [0.05, 0.1) is 6.61 Å². The number of nitrogens with one attached hydrogen (secondary N) is 1. The highest BCUT2D eigenvalue weighted by Gasteiger charge is 2.28. The van der Waals surface area contributed by atoms with Gasteiger partial charge in [0.15, 0.2) is 11.5 Å². The second-order valence-electron chi connectivity index (χ2n) is 5.98. The van der Waals surface area contributed by atoms with Crippen LogP contribution in [0, 0.1) is 12.3 Å². The van der Waals surface area contributed by atoms with Crippen LogP contribution >= 0.6 is 0 Å². The Kier molecular flexibility index (Phi) is 6.88. The first kappa shape index (κ1) is 22.1. The minimum atomic E-state index is -1.61. The summed E-state index contributed by atoms with van der Waals surface area (Å²) >= 11 is 0. The van der Waals surface area contributed by atoms with Gasteiger partial charge in [-0.3, -0.25) is 4.79 Å². The lowest BCUT2D eigenvalue weighted by atomic mass is 9.93. The number of ether oxygens (including phenoxy) is 2. The Labute approximate surface area is 171 Å². The summed E-state index contributed by atoms with van der Waals surface area (Å²) in [6, 6.07) is 2.87. The molecule has 0 unspecified atom stereocenters. The Hall–Kier alpha value is -4.19. The van der Waals surface area contributed by atoms with Crippen LogP contribution in [0.1, 0.15) is 33.2 Å². The first-order valence-corrected chi connectivity index (χ1v) is 8.76. The molecule has 0 aliphatic heterocycles. The third-order valence-electron chi connectivity index (χ3n) is 4.06. The van der Waals surface area contributed by atoms with Crippen molar-refractivity contribution in [2.75, 3.05) is 18.9 Å². The number of hydrogen-bond donors (Lipinski definition) is 4. The molecule has 30 heavy (non-hydrogen) atoms. The van der Waals surface area contributed by atoms with Crippen molar-refractivity contribution in [1.29, 1.82) is 0 Å². The van der Waals surface area contributed by atoms with Crippen LogP contribution in [0.4, 0.5) is 5.82 Å². The van der Waals surface area contributed by atoms with Gasteiger partial charge in [-0.25, -0.2) is 9.59 Å². The molecule has 1 heterocycles. The van der Waals surface area contributed by atoms with E-state index < -0.39 is 34.4 Å². The van der Waals surface area contributed by atoms with Crippen molar-refractivity contribution in [3.05, 3.63) is 51.8 Å². The Morgan fingerprint density at radius 3 is 2.47 bits per heavy atom. The summed E-state index contributed by atoms with van der Waals surface area (Å²) < 4.78 is 11.2. The number of nitrogens with two attached hydrogens (primary N) is 1. The van der Waals surface area contributed by atoms with E-state index in [-0.39, 0.29) is 36.5 Å². The van der Waals surface area contributed by atoms with Crippen molar-refractivity contribution in [3.8, 4) is 35.0 Å². The number of terminal acetylenes is 1. The molecule has 0 atom stereocenters. The third kappa shape index (κ3) is 4.28. The van der Waals surface area contributed by atoms with Crippen LogP contribution in [0.25, 0.3) is 11.1 Å². The number of anilines is 1. The molecule has 0 bridgehead atoms. The third-order valence-corrected chi connectivity index (χ3v) is 4.06. The molecule has 0 amide bonds. The van der Waals surface area contributed by atoms with Crippen molar-refractivity contribution in [3.63, 3.8) is 0 Å². The van der Waals surface area contributed by atoms with E-state index in [0.717, 1.165) is 0 Å². The number of rotatable bonds is 9. The predicted octanol–water partition coefficient (Wildman–Crippen LogP) is 2.16. The zero-order chi connectivity index (χ0) is 22.4. The summed E-state index contributed by atoms with van der Waals surface area (Å²) in [7, 11) is 0. The van der Waals surface area contributed by atoms with Crippen LogP contribution in [0.5, 0.6) is 11.5 Å². The molecular formula is C21H20N2O7. The first-order valence-electron chi connectivity index (χ1n) is 8.76. The van der Waals surface area contributed by atoms with Crippen molar-refractivity contribution in [2.45, 2.75) is 13.3 Å². The van der Waals surface area contributed by atoms with E-state index in [1.165, 1.54) is 12.1 Å². The van der Waals surface area contributed by atoms with Gasteiger partial charge < -0.3 is 30.4 Å². The van der Waals surface area contributed by atoms with E-state index in [1.54, 1.807) is 13.0 Å². The molecule has 0 fully saturated rings. The summed E-state index contributed by atoms with van der Waals surface area (Å²) in [5.74, 6) is -0.723. The van der Waals surface area contributed by atoms with Gasteiger partial charge in [0, 0.05) is 11.1 Å². The second kappa shape index (κ2) is 9.34. The number of carboxylic acids is 2. The van der Waals surface area contributed by atoms with Crippen LogP contribution in [-0.2, 0) is 6.42 Å². The van der Waals surface area contributed by atoms with Crippen molar-refractivity contribution < 1.29 is 29.3 Å². The SMILES string of the molecule is C#CCOc1c(CC=C)cc(-c2c(C(=O)O)c(N)[nH]c(=O)c2C(=O)O)cc1OCC. The van der Waals surface area contributed by atoms with E-state index in [4.69, 9.17) is 21.6 Å². The monoisotopic (exact) mass is 412 g/mol. The van der Waals surface area contributed by atoms with Gasteiger partial charge in [-0.15, -0.1) is 13.0 Å². The van der Waals surface area contributed by atoms with Crippen molar-refractivity contribution in [2.24, 2.45) is 0 Å². The van der Waals surface area contributed by atoms with E-state index >= 15 is 0 Å². The van der Waals surface area contributed by atoms with Gasteiger partial charge >= 0.3 is 11.9 Å². The topological polar surface area (TPSA) is 152 Å². The normalized spacial score (nSPS) is 10.1. The minimum Gasteiger partial charge on any atom is -0.490 e. The lowest BCUT2D eigenvalue weighted by Gasteiger charge is -2.18. The van der Waals surface area contributed by atoms with E-state index in [2.05, 4.69) is 17.5 Å². The number of allylic oxidation sites excluding steroid dienone is 1. The number of aromatic amines is 1. The molecule has 0 saturated carbocycles. The van der Waals surface area contributed by atoms with Crippen LogP contribution < -0.4 is 20.8 Å². The average molecular weight is 412 g/mol. The molecule has 0 aliphatic carbocycles. The maximum absolute atomic E-state index is 12.3. The van der Waals surface area contributed by atoms with Crippen molar-refractivity contribution in [1.82, 2.24) is 4.98 Å². The molecule has 0 saturated heterocycles. The summed E-state index contributed by atoms with van der Waals surface area (Å²) in [6.07, 6.45) is 7.11. The van der Waals surface area contributed by atoms with Crippen molar-refractivity contribution >= 4 is 17.8 Å². The highest BCUT2D eigenvalue weighted by Crippen LogP contribution is 2.39. The number of aromatic nitrogens is 1. The Balaban J connectivity index is 2.98. The number of carboxylic acid groups (broad SMARTS) is 2. The molecule has 5 N–H and O–H groups in total. The summed E-state index contributed by atoms with van der Waals surface area (Å²) in [4.78, 5) is 38.0. The number of nitrogen functional groups attached to an aromatic ring is 1. The molecule has 0 spiro atoms. The maximum Gasteiger partial charge on any atom is 0.342 e. The van der Waals surface area contributed by atoms with Crippen LogP contribution in [0.2, 0.25) is 0 Å². The molecule has 9 nitrogen and oxygen atoms in total. The van der Waals surface area contributed by atoms with Gasteiger partial charge in [0.1, 0.15) is 23.6 Å². The molecule has 2 rings (SSSR count). The molecule has 0 aliphatic rings. The number of H-pyrrole nitrogens is 1. The fraction of sp³-hybridized carbons (Fsp3) is 0.190. The number of hydrogen-bond acceptors (Lipinski definition) is 6. The fourth-order valence-corrected chi connectivity index (χ4v) is 2.99. The summed E-state index contributed by atoms with van der Waals surface area (Å²) in [5.41, 5.74) is 3.63. The first-order chi connectivity index (χ1) is 14.3. The largest absolute Gasteiger partial charge is 0.490 e. The molecule has 156 valence electrons. The van der Waals surface area contributed by atoms with Gasteiger partial charge in [-0.1, -0.05) is 12.0 Å². The highest BCUT2D eigenvalue weighted by atomic mass is 16.5. The van der Waals surface area contributed by atoms with Gasteiger partial charge in [-0.2, -0.15) is 0 Å².